The lowest BCUT2D eigenvalue weighted by Gasteiger charge is -2.23. The van der Waals surface area contributed by atoms with Crippen LogP contribution in [0.4, 0.5) is 0 Å². The van der Waals surface area contributed by atoms with E-state index in [9.17, 15) is 8.42 Å². The summed E-state index contributed by atoms with van der Waals surface area (Å²) in [5, 5.41) is 0. The summed E-state index contributed by atoms with van der Waals surface area (Å²) in [6.45, 7) is 8.24. The SMILES string of the molecule is CCC(CC)C(C)NS(=O)(=O)c1cccc(CN)c1C. The second-order valence-electron chi connectivity index (χ2n) is 5.23. The lowest BCUT2D eigenvalue weighted by atomic mass is 9.96. The molecule has 1 atom stereocenters. The van der Waals surface area contributed by atoms with Gasteiger partial charge in [-0.25, -0.2) is 13.1 Å². The molecule has 5 heteroatoms. The van der Waals surface area contributed by atoms with E-state index in [1.807, 2.05) is 13.0 Å². The van der Waals surface area contributed by atoms with Gasteiger partial charge in [-0.2, -0.15) is 0 Å². The van der Waals surface area contributed by atoms with Crippen molar-refractivity contribution in [2.24, 2.45) is 11.7 Å². The van der Waals surface area contributed by atoms with Gasteiger partial charge in [-0.1, -0.05) is 38.8 Å². The molecule has 114 valence electrons. The molecule has 0 heterocycles. The van der Waals surface area contributed by atoms with Gasteiger partial charge >= 0.3 is 0 Å². The minimum Gasteiger partial charge on any atom is -0.326 e. The van der Waals surface area contributed by atoms with Crippen molar-refractivity contribution in [3.05, 3.63) is 29.3 Å². The van der Waals surface area contributed by atoms with Crippen LogP contribution in [0.3, 0.4) is 0 Å². The van der Waals surface area contributed by atoms with Crippen molar-refractivity contribution in [3.63, 3.8) is 0 Å². The number of hydrogen-bond acceptors (Lipinski definition) is 3. The van der Waals surface area contributed by atoms with Crippen LogP contribution in [-0.4, -0.2) is 14.5 Å². The molecule has 1 aromatic rings. The monoisotopic (exact) mass is 298 g/mol. The molecular weight excluding hydrogens is 272 g/mol. The molecule has 0 spiro atoms. The predicted molar refractivity (Wildman–Crippen MR) is 82.9 cm³/mol. The maximum Gasteiger partial charge on any atom is 0.241 e. The summed E-state index contributed by atoms with van der Waals surface area (Å²) >= 11 is 0. The van der Waals surface area contributed by atoms with E-state index in [1.165, 1.54) is 0 Å². The fourth-order valence-electron chi connectivity index (χ4n) is 2.57. The van der Waals surface area contributed by atoms with E-state index in [0.717, 1.165) is 24.0 Å². The first-order chi connectivity index (χ1) is 9.37. The van der Waals surface area contributed by atoms with E-state index >= 15 is 0 Å². The molecule has 1 aromatic carbocycles. The number of sulfonamides is 1. The zero-order valence-electron chi connectivity index (χ0n) is 12.8. The van der Waals surface area contributed by atoms with E-state index in [0.29, 0.717) is 17.4 Å². The Bertz CT molecular complexity index is 537. The Kier molecular flexibility index (Phi) is 6.17. The number of rotatable bonds is 7. The minimum atomic E-state index is -3.49. The largest absolute Gasteiger partial charge is 0.326 e. The molecule has 1 unspecified atom stereocenters. The molecule has 1 rings (SSSR count). The summed E-state index contributed by atoms with van der Waals surface area (Å²) in [5.41, 5.74) is 7.24. The van der Waals surface area contributed by atoms with Crippen LogP contribution >= 0.6 is 0 Å². The zero-order chi connectivity index (χ0) is 15.3. The Labute approximate surface area is 122 Å². The van der Waals surface area contributed by atoms with Crippen molar-refractivity contribution in [1.29, 1.82) is 0 Å². The van der Waals surface area contributed by atoms with Gasteiger partial charge in [-0.3, -0.25) is 0 Å². The van der Waals surface area contributed by atoms with Gasteiger partial charge in [0.2, 0.25) is 10.0 Å². The molecule has 0 aliphatic carbocycles. The van der Waals surface area contributed by atoms with Crippen LogP contribution in [0.25, 0.3) is 0 Å². The quantitative estimate of drug-likeness (QED) is 0.812. The number of hydrogen-bond donors (Lipinski definition) is 2. The third-order valence-corrected chi connectivity index (χ3v) is 5.71. The van der Waals surface area contributed by atoms with Crippen LogP contribution in [0.1, 0.15) is 44.7 Å². The summed E-state index contributed by atoms with van der Waals surface area (Å²) in [6, 6.07) is 5.16. The minimum absolute atomic E-state index is 0.0732. The smallest absolute Gasteiger partial charge is 0.241 e. The molecular formula is C15H26N2O2S. The summed E-state index contributed by atoms with van der Waals surface area (Å²) in [4.78, 5) is 0.332. The van der Waals surface area contributed by atoms with Crippen molar-refractivity contribution in [3.8, 4) is 0 Å². The standard InChI is InChI=1S/C15H26N2O2S/c1-5-13(6-2)12(4)17-20(18,19)15-9-7-8-14(10-16)11(15)3/h7-9,12-13,17H,5-6,10,16H2,1-4H3. The Morgan fingerprint density at radius 2 is 1.85 bits per heavy atom. The predicted octanol–water partition coefficient (Wildman–Crippen LogP) is 2.56. The van der Waals surface area contributed by atoms with Crippen molar-refractivity contribution in [1.82, 2.24) is 4.72 Å². The van der Waals surface area contributed by atoms with E-state index in [4.69, 9.17) is 5.73 Å². The van der Waals surface area contributed by atoms with Crippen molar-refractivity contribution in [2.75, 3.05) is 0 Å². The van der Waals surface area contributed by atoms with Gasteiger partial charge in [0.1, 0.15) is 0 Å². The van der Waals surface area contributed by atoms with Crippen LogP contribution in [0.5, 0.6) is 0 Å². The second-order valence-corrected chi connectivity index (χ2v) is 6.91. The first kappa shape index (κ1) is 17.1. The molecule has 0 amide bonds. The third kappa shape index (κ3) is 3.81. The summed E-state index contributed by atoms with van der Waals surface area (Å²) < 4.78 is 27.8. The summed E-state index contributed by atoms with van der Waals surface area (Å²) in [7, 11) is -3.49. The summed E-state index contributed by atoms with van der Waals surface area (Å²) in [6.07, 6.45) is 1.92. The van der Waals surface area contributed by atoms with Crippen LogP contribution in [0.15, 0.2) is 23.1 Å². The van der Waals surface area contributed by atoms with Crippen LogP contribution < -0.4 is 10.5 Å². The molecule has 0 saturated carbocycles. The fourth-order valence-corrected chi connectivity index (χ4v) is 4.17. The van der Waals surface area contributed by atoms with Gasteiger partial charge in [-0.05, 0) is 37.0 Å². The van der Waals surface area contributed by atoms with Crippen molar-refractivity contribution >= 4 is 10.0 Å². The van der Waals surface area contributed by atoms with E-state index in [1.54, 1.807) is 19.1 Å². The van der Waals surface area contributed by atoms with Crippen LogP contribution in [0, 0.1) is 12.8 Å². The molecule has 3 N–H and O–H groups in total. The van der Waals surface area contributed by atoms with Crippen LogP contribution in [-0.2, 0) is 16.6 Å². The van der Waals surface area contributed by atoms with Gasteiger partial charge in [-0.15, -0.1) is 0 Å². The highest BCUT2D eigenvalue weighted by molar-refractivity contribution is 7.89. The molecule has 0 aromatic heterocycles. The van der Waals surface area contributed by atoms with Crippen molar-refractivity contribution < 1.29 is 8.42 Å². The first-order valence-electron chi connectivity index (χ1n) is 7.18. The van der Waals surface area contributed by atoms with Gasteiger partial charge in [0.05, 0.1) is 4.90 Å². The topological polar surface area (TPSA) is 72.2 Å². The number of benzene rings is 1. The molecule has 0 aliphatic rings. The number of nitrogens with two attached hydrogens (primary N) is 1. The van der Waals surface area contributed by atoms with E-state index in [2.05, 4.69) is 18.6 Å². The lowest BCUT2D eigenvalue weighted by Crippen LogP contribution is -2.38. The maximum atomic E-state index is 12.5. The van der Waals surface area contributed by atoms with Gasteiger partial charge in [0.15, 0.2) is 0 Å². The first-order valence-corrected chi connectivity index (χ1v) is 8.66. The van der Waals surface area contributed by atoms with Gasteiger partial charge in [0.25, 0.3) is 0 Å². The average molecular weight is 298 g/mol. The molecule has 0 fully saturated rings. The average Bonchev–Trinajstić information content (AvgIpc) is 2.39. The highest BCUT2D eigenvalue weighted by Crippen LogP contribution is 2.21. The molecule has 0 bridgehead atoms. The Morgan fingerprint density at radius 1 is 1.25 bits per heavy atom. The maximum absolute atomic E-state index is 12.5. The van der Waals surface area contributed by atoms with Gasteiger partial charge < -0.3 is 5.73 Å². The third-order valence-electron chi connectivity index (χ3n) is 4.00. The Morgan fingerprint density at radius 3 is 2.35 bits per heavy atom. The molecule has 4 nitrogen and oxygen atoms in total. The normalized spacial score (nSPS) is 13.7. The molecule has 20 heavy (non-hydrogen) atoms. The second kappa shape index (κ2) is 7.20. The zero-order valence-corrected chi connectivity index (χ0v) is 13.6. The lowest BCUT2D eigenvalue weighted by molar-refractivity contribution is 0.390. The Balaban J connectivity index is 3.06. The fraction of sp³-hybridized carbons (Fsp3) is 0.600. The van der Waals surface area contributed by atoms with Gasteiger partial charge in [0, 0.05) is 12.6 Å². The van der Waals surface area contributed by atoms with E-state index < -0.39 is 10.0 Å². The highest BCUT2D eigenvalue weighted by atomic mass is 32.2. The summed E-state index contributed by atoms with van der Waals surface area (Å²) in [5.74, 6) is 0.350. The highest BCUT2D eigenvalue weighted by Gasteiger charge is 2.23. The molecule has 0 saturated heterocycles. The Hall–Kier alpha value is -0.910. The van der Waals surface area contributed by atoms with Crippen LogP contribution in [0.2, 0.25) is 0 Å². The van der Waals surface area contributed by atoms with E-state index in [-0.39, 0.29) is 6.04 Å². The molecule has 0 aliphatic heterocycles. The number of nitrogens with one attached hydrogen (secondary N) is 1. The van der Waals surface area contributed by atoms with Crippen molar-refractivity contribution in [2.45, 2.75) is 58.0 Å². The molecule has 0 radical (unpaired) electrons.